The number of rotatable bonds is 6. The van der Waals surface area contributed by atoms with Crippen LogP contribution in [-0.2, 0) is 4.79 Å². The summed E-state index contributed by atoms with van der Waals surface area (Å²) in [6.45, 7) is 4.49. The smallest absolute Gasteiger partial charge is 0.161 e. The normalized spacial score (nSPS) is 21.5. The largest absolute Gasteiger partial charge is 0.493 e. The van der Waals surface area contributed by atoms with Crippen LogP contribution in [0.4, 0.5) is 0 Å². The number of hydrogen-bond donors (Lipinski definition) is 0. The van der Waals surface area contributed by atoms with E-state index in [2.05, 4.69) is 0 Å². The molecule has 1 fully saturated rings. The fraction of sp³-hybridized carbons (Fsp3) is 0.533. The molecule has 3 heteroatoms. The first kappa shape index (κ1) is 12.9. The third-order valence-electron chi connectivity index (χ3n) is 3.47. The quantitative estimate of drug-likeness (QED) is 0.775. The van der Waals surface area contributed by atoms with Gasteiger partial charge in [0.2, 0.25) is 0 Å². The van der Waals surface area contributed by atoms with Crippen LogP contribution in [0.3, 0.4) is 0 Å². The van der Waals surface area contributed by atoms with Crippen LogP contribution in [0.25, 0.3) is 0 Å². The van der Waals surface area contributed by atoms with E-state index in [1.54, 1.807) is 7.11 Å². The standard InChI is InChI=1S/C15H20O3/c1-4-13(16)12-9-11(12)10-6-7-14(17-3)15(8-10)18-5-2/h6-8,11-12H,4-5,9H2,1-3H3. The van der Waals surface area contributed by atoms with Gasteiger partial charge in [0.15, 0.2) is 11.5 Å². The van der Waals surface area contributed by atoms with Gasteiger partial charge in [0.1, 0.15) is 5.78 Å². The van der Waals surface area contributed by atoms with Crippen molar-refractivity contribution in [3.63, 3.8) is 0 Å². The summed E-state index contributed by atoms with van der Waals surface area (Å²) in [6, 6.07) is 5.97. The van der Waals surface area contributed by atoms with Gasteiger partial charge in [-0.1, -0.05) is 13.0 Å². The fourth-order valence-electron chi connectivity index (χ4n) is 2.37. The van der Waals surface area contributed by atoms with Crippen molar-refractivity contribution >= 4 is 5.78 Å². The molecular formula is C15H20O3. The molecule has 98 valence electrons. The average Bonchev–Trinajstić information content (AvgIpc) is 3.18. The minimum Gasteiger partial charge on any atom is -0.493 e. The first-order chi connectivity index (χ1) is 8.71. The molecule has 1 aromatic carbocycles. The first-order valence-corrected chi connectivity index (χ1v) is 6.54. The van der Waals surface area contributed by atoms with Gasteiger partial charge in [0, 0.05) is 12.3 Å². The number of carbonyl (C=O) groups excluding carboxylic acids is 1. The molecule has 0 radical (unpaired) electrons. The summed E-state index contributed by atoms with van der Waals surface area (Å²) >= 11 is 0. The molecule has 0 saturated heterocycles. The lowest BCUT2D eigenvalue weighted by molar-refractivity contribution is -0.120. The lowest BCUT2D eigenvalue weighted by atomic mass is 10.1. The molecule has 0 bridgehead atoms. The minimum absolute atomic E-state index is 0.220. The van der Waals surface area contributed by atoms with E-state index < -0.39 is 0 Å². The number of benzene rings is 1. The van der Waals surface area contributed by atoms with Gasteiger partial charge in [-0.15, -0.1) is 0 Å². The van der Waals surface area contributed by atoms with Crippen LogP contribution in [-0.4, -0.2) is 19.5 Å². The van der Waals surface area contributed by atoms with E-state index in [4.69, 9.17) is 9.47 Å². The monoisotopic (exact) mass is 248 g/mol. The molecule has 0 spiro atoms. The van der Waals surface area contributed by atoms with Crippen molar-refractivity contribution in [2.24, 2.45) is 5.92 Å². The van der Waals surface area contributed by atoms with Gasteiger partial charge in [0.05, 0.1) is 13.7 Å². The van der Waals surface area contributed by atoms with E-state index in [1.807, 2.05) is 32.0 Å². The average molecular weight is 248 g/mol. The van der Waals surface area contributed by atoms with Crippen LogP contribution in [0.2, 0.25) is 0 Å². The van der Waals surface area contributed by atoms with Crippen LogP contribution >= 0.6 is 0 Å². The number of hydrogen-bond acceptors (Lipinski definition) is 3. The molecule has 18 heavy (non-hydrogen) atoms. The Labute approximate surface area is 108 Å². The number of Topliss-reactive ketones (excluding diaryl/α,β-unsaturated/α-hetero) is 1. The molecule has 0 N–H and O–H groups in total. The highest BCUT2D eigenvalue weighted by atomic mass is 16.5. The predicted octanol–water partition coefficient (Wildman–Crippen LogP) is 3.18. The first-order valence-electron chi connectivity index (χ1n) is 6.54. The van der Waals surface area contributed by atoms with Crippen molar-refractivity contribution in [3.8, 4) is 11.5 Å². The summed E-state index contributed by atoms with van der Waals surface area (Å²) < 4.78 is 10.8. The SMILES string of the molecule is CCOc1cc(C2CC2C(=O)CC)ccc1OC. The summed E-state index contributed by atoms with van der Waals surface area (Å²) in [5, 5.41) is 0. The lowest BCUT2D eigenvalue weighted by Crippen LogP contribution is -2.00. The van der Waals surface area contributed by atoms with Crippen molar-refractivity contribution in [2.45, 2.75) is 32.6 Å². The highest BCUT2D eigenvalue weighted by Gasteiger charge is 2.42. The van der Waals surface area contributed by atoms with Crippen LogP contribution in [0.5, 0.6) is 11.5 Å². The maximum atomic E-state index is 11.6. The fourth-order valence-corrected chi connectivity index (χ4v) is 2.37. The summed E-state index contributed by atoms with van der Waals surface area (Å²) in [5.74, 6) is 2.49. The topological polar surface area (TPSA) is 35.5 Å². The van der Waals surface area contributed by atoms with Crippen LogP contribution < -0.4 is 9.47 Å². The van der Waals surface area contributed by atoms with Crippen LogP contribution in [0.1, 0.15) is 38.2 Å². The Morgan fingerprint density at radius 2 is 2.11 bits per heavy atom. The molecule has 0 aliphatic heterocycles. The Bertz CT molecular complexity index is 439. The van der Waals surface area contributed by atoms with Crippen molar-refractivity contribution < 1.29 is 14.3 Å². The van der Waals surface area contributed by atoms with Gasteiger partial charge in [-0.2, -0.15) is 0 Å². The van der Waals surface area contributed by atoms with Crippen LogP contribution in [0.15, 0.2) is 18.2 Å². The van der Waals surface area contributed by atoms with E-state index in [-0.39, 0.29) is 5.92 Å². The van der Waals surface area contributed by atoms with Gasteiger partial charge in [-0.05, 0) is 37.0 Å². The zero-order chi connectivity index (χ0) is 13.1. The van der Waals surface area contributed by atoms with Gasteiger partial charge in [0.25, 0.3) is 0 Å². The molecule has 1 aromatic rings. The molecule has 0 heterocycles. The maximum absolute atomic E-state index is 11.6. The maximum Gasteiger partial charge on any atom is 0.161 e. The Hall–Kier alpha value is -1.51. The Kier molecular flexibility index (Phi) is 3.90. The highest BCUT2D eigenvalue weighted by Crippen LogP contribution is 2.49. The third kappa shape index (κ3) is 2.50. The molecule has 0 amide bonds. The van der Waals surface area contributed by atoms with E-state index in [0.717, 1.165) is 17.9 Å². The molecule has 1 aliphatic carbocycles. The van der Waals surface area contributed by atoms with Gasteiger partial charge >= 0.3 is 0 Å². The van der Waals surface area contributed by atoms with E-state index in [9.17, 15) is 4.79 Å². The highest BCUT2D eigenvalue weighted by molar-refractivity contribution is 5.84. The van der Waals surface area contributed by atoms with Crippen molar-refractivity contribution in [1.82, 2.24) is 0 Å². The second kappa shape index (κ2) is 5.42. The van der Waals surface area contributed by atoms with Gasteiger partial charge in [-0.3, -0.25) is 4.79 Å². The molecule has 0 aromatic heterocycles. The predicted molar refractivity (Wildman–Crippen MR) is 70.3 cm³/mol. The van der Waals surface area contributed by atoms with Gasteiger partial charge < -0.3 is 9.47 Å². The van der Waals surface area contributed by atoms with Gasteiger partial charge in [-0.25, -0.2) is 0 Å². The number of methoxy groups -OCH3 is 1. The Morgan fingerprint density at radius 1 is 1.33 bits per heavy atom. The molecule has 2 unspecified atom stereocenters. The molecule has 2 rings (SSSR count). The Morgan fingerprint density at radius 3 is 2.72 bits per heavy atom. The van der Waals surface area contributed by atoms with Crippen molar-refractivity contribution in [2.75, 3.05) is 13.7 Å². The van der Waals surface area contributed by atoms with E-state index in [0.29, 0.717) is 24.7 Å². The Balaban J connectivity index is 2.16. The summed E-state index contributed by atoms with van der Waals surface area (Å²) in [4.78, 5) is 11.6. The van der Waals surface area contributed by atoms with Crippen molar-refractivity contribution in [3.05, 3.63) is 23.8 Å². The van der Waals surface area contributed by atoms with E-state index in [1.165, 1.54) is 5.56 Å². The lowest BCUT2D eigenvalue weighted by Gasteiger charge is -2.11. The minimum atomic E-state index is 0.220. The molecule has 3 nitrogen and oxygen atoms in total. The van der Waals surface area contributed by atoms with Crippen molar-refractivity contribution in [1.29, 1.82) is 0 Å². The summed E-state index contributed by atoms with van der Waals surface area (Å²) in [5.41, 5.74) is 1.19. The third-order valence-corrected chi connectivity index (χ3v) is 3.47. The number of ketones is 1. The summed E-state index contributed by atoms with van der Waals surface area (Å²) in [6.07, 6.45) is 1.61. The second-order valence-electron chi connectivity index (χ2n) is 4.61. The molecular weight excluding hydrogens is 228 g/mol. The second-order valence-corrected chi connectivity index (χ2v) is 4.61. The zero-order valence-electron chi connectivity index (χ0n) is 11.2. The summed E-state index contributed by atoms with van der Waals surface area (Å²) in [7, 11) is 1.64. The van der Waals surface area contributed by atoms with Crippen LogP contribution in [0, 0.1) is 5.92 Å². The molecule has 1 saturated carbocycles. The zero-order valence-corrected chi connectivity index (χ0v) is 11.2. The van der Waals surface area contributed by atoms with E-state index >= 15 is 0 Å². The molecule has 1 aliphatic rings. The number of ether oxygens (including phenoxy) is 2. The number of carbonyl (C=O) groups is 1. The molecule has 2 atom stereocenters.